The molecule has 0 spiro atoms. The molecular weight excluding hydrogens is 486 g/mol. The molecule has 2 fully saturated rings. The van der Waals surface area contributed by atoms with E-state index in [1.807, 2.05) is 0 Å². The third-order valence-electron chi connectivity index (χ3n) is 6.58. The van der Waals surface area contributed by atoms with E-state index in [4.69, 9.17) is 0 Å². The summed E-state index contributed by atoms with van der Waals surface area (Å²) >= 11 is 0. The molecule has 1 saturated carbocycles. The summed E-state index contributed by atoms with van der Waals surface area (Å²) in [5, 5.41) is 9.51. The van der Waals surface area contributed by atoms with Crippen molar-refractivity contribution >= 4 is 5.91 Å². The standard InChI is InChI=1S/C25H34F6N4O/c1-16(2)34-22(18-4-3-5-18)32-8-11-35-9-6-17(7-10-35)15-33-23(36)19-12-20(24(26,27)28)14-21(13-19)25(29,30)31/h12-14,16-17,32,34H,3-11,15H2,1-2H3,(H,33,36). The van der Waals surface area contributed by atoms with Crippen molar-refractivity contribution in [3.8, 4) is 0 Å². The summed E-state index contributed by atoms with van der Waals surface area (Å²) in [6.45, 7) is 7.70. The van der Waals surface area contributed by atoms with Crippen LogP contribution in [0.4, 0.5) is 26.3 Å². The third kappa shape index (κ3) is 8.04. The Labute approximate surface area is 207 Å². The lowest BCUT2D eigenvalue weighted by Gasteiger charge is -2.33. The number of piperidine rings is 1. The first kappa shape index (κ1) is 28.1. The van der Waals surface area contributed by atoms with E-state index in [0.29, 0.717) is 18.2 Å². The van der Waals surface area contributed by atoms with Crippen LogP contribution in [0.3, 0.4) is 0 Å². The number of likely N-dealkylation sites (tertiary alicyclic amines) is 1. The number of nitrogens with zero attached hydrogens (tertiary/aromatic N) is 1. The van der Waals surface area contributed by atoms with Crippen LogP contribution in [-0.4, -0.2) is 49.6 Å². The Balaban J connectivity index is 1.46. The van der Waals surface area contributed by atoms with Gasteiger partial charge in [-0.25, -0.2) is 0 Å². The lowest BCUT2D eigenvalue weighted by atomic mass is 9.92. The van der Waals surface area contributed by atoms with Gasteiger partial charge in [0.25, 0.3) is 5.91 Å². The normalized spacial score (nSPS) is 17.6. The number of allylic oxidation sites excluding steroid dienone is 1. The van der Waals surface area contributed by atoms with E-state index >= 15 is 0 Å². The molecule has 3 N–H and O–H groups in total. The van der Waals surface area contributed by atoms with Crippen molar-refractivity contribution in [3.63, 3.8) is 0 Å². The number of halogens is 6. The summed E-state index contributed by atoms with van der Waals surface area (Å²) in [5.74, 6) is 0.311. The molecule has 1 aromatic rings. The van der Waals surface area contributed by atoms with Crippen molar-refractivity contribution in [2.24, 2.45) is 5.92 Å². The van der Waals surface area contributed by atoms with Crippen LogP contribution in [0.2, 0.25) is 0 Å². The van der Waals surface area contributed by atoms with E-state index in [0.717, 1.165) is 57.7 Å². The van der Waals surface area contributed by atoms with Crippen LogP contribution in [0.25, 0.3) is 0 Å². The molecule has 1 aliphatic carbocycles. The zero-order valence-electron chi connectivity index (χ0n) is 20.6. The maximum atomic E-state index is 13.0. The molecule has 0 radical (unpaired) electrons. The molecule has 0 aromatic heterocycles. The summed E-state index contributed by atoms with van der Waals surface area (Å²) in [5.41, 5.74) is -2.21. The molecule has 1 aromatic carbocycles. The number of hydrogen-bond acceptors (Lipinski definition) is 4. The summed E-state index contributed by atoms with van der Waals surface area (Å²) in [4.78, 5) is 14.7. The van der Waals surface area contributed by atoms with Crippen LogP contribution in [-0.2, 0) is 12.4 Å². The Hall–Kier alpha value is -2.43. The van der Waals surface area contributed by atoms with Crippen molar-refractivity contribution in [1.82, 2.24) is 20.9 Å². The minimum Gasteiger partial charge on any atom is -0.371 e. The number of alkyl halides is 6. The maximum Gasteiger partial charge on any atom is 0.416 e. The zero-order valence-corrected chi connectivity index (χ0v) is 20.6. The number of nitrogens with one attached hydrogen (secondary N) is 3. The Morgan fingerprint density at radius 1 is 0.972 bits per heavy atom. The van der Waals surface area contributed by atoms with E-state index in [1.54, 1.807) is 0 Å². The molecule has 3 rings (SSSR count). The second kappa shape index (κ2) is 11.7. The highest BCUT2D eigenvalue weighted by atomic mass is 19.4. The number of rotatable bonds is 9. The highest BCUT2D eigenvalue weighted by Crippen LogP contribution is 2.36. The summed E-state index contributed by atoms with van der Waals surface area (Å²) in [6, 6.07) is 1.29. The monoisotopic (exact) mass is 520 g/mol. The van der Waals surface area contributed by atoms with Gasteiger partial charge in [0.2, 0.25) is 0 Å². The molecule has 1 aliphatic heterocycles. The lowest BCUT2D eigenvalue weighted by Crippen LogP contribution is -2.42. The van der Waals surface area contributed by atoms with Gasteiger partial charge in [-0.15, -0.1) is 0 Å². The fraction of sp³-hybridized carbons (Fsp3) is 0.640. The maximum absolute atomic E-state index is 13.0. The topological polar surface area (TPSA) is 56.4 Å². The molecule has 0 atom stereocenters. The van der Waals surface area contributed by atoms with Gasteiger partial charge in [0.15, 0.2) is 0 Å². The molecule has 36 heavy (non-hydrogen) atoms. The molecule has 1 heterocycles. The predicted octanol–water partition coefficient (Wildman–Crippen LogP) is 5.15. The molecule has 202 valence electrons. The molecule has 0 unspecified atom stereocenters. The van der Waals surface area contributed by atoms with Gasteiger partial charge in [0.1, 0.15) is 0 Å². The fourth-order valence-electron chi connectivity index (χ4n) is 4.35. The van der Waals surface area contributed by atoms with Crippen LogP contribution in [0, 0.1) is 5.92 Å². The highest BCUT2D eigenvalue weighted by molar-refractivity contribution is 5.94. The van der Waals surface area contributed by atoms with E-state index in [1.165, 1.54) is 12.0 Å². The van der Waals surface area contributed by atoms with Crippen molar-refractivity contribution in [2.45, 2.75) is 64.3 Å². The molecule has 1 saturated heterocycles. The lowest BCUT2D eigenvalue weighted by molar-refractivity contribution is -0.143. The first-order chi connectivity index (χ1) is 16.8. The predicted molar refractivity (Wildman–Crippen MR) is 125 cm³/mol. The largest absolute Gasteiger partial charge is 0.416 e. The summed E-state index contributed by atoms with van der Waals surface area (Å²) < 4.78 is 78.3. The van der Waals surface area contributed by atoms with E-state index in [-0.39, 0.29) is 18.5 Å². The van der Waals surface area contributed by atoms with Gasteiger partial charge in [-0.3, -0.25) is 4.79 Å². The van der Waals surface area contributed by atoms with Crippen LogP contribution >= 0.6 is 0 Å². The molecular formula is C25H34F6N4O. The van der Waals surface area contributed by atoms with Gasteiger partial charge < -0.3 is 20.9 Å². The number of hydrogen-bond donors (Lipinski definition) is 3. The second-order valence-electron chi connectivity index (χ2n) is 9.85. The molecule has 11 heteroatoms. The Morgan fingerprint density at radius 3 is 2.03 bits per heavy atom. The van der Waals surface area contributed by atoms with Crippen molar-refractivity contribution in [3.05, 3.63) is 46.3 Å². The van der Waals surface area contributed by atoms with E-state index in [9.17, 15) is 31.1 Å². The Bertz CT molecular complexity index is 895. The highest BCUT2D eigenvalue weighted by Gasteiger charge is 2.37. The first-order valence-corrected chi connectivity index (χ1v) is 12.4. The average Bonchev–Trinajstić information content (AvgIpc) is 2.75. The average molecular weight is 521 g/mol. The van der Waals surface area contributed by atoms with E-state index < -0.39 is 35.0 Å². The second-order valence-corrected chi connectivity index (χ2v) is 9.85. The van der Waals surface area contributed by atoms with Gasteiger partial charge >= 0.3 is 12.4 Å². The zero-order chi connectivity index (χ0) is 26.5. The smallest absolute Gasteiger partial charge is 0.371 e. The minimum absolute atomic E-state index is 0.0197. The number of carbonyl (C=O) groups is 1. The fourth-order valence-corrected chi connectivity index (χ4v) is 4.35. The molecule has 0 bridgehead atoms. The quantitative estimate of drug-likeness (QED) is 0.395. The number of amides is 1. The number of carbonyl (C=O) groups excluding carboxylic acids is 1. The molecule has 1 amide bonds. The van der Waals surface area contributed by atoms with Crippen LogP contribution < -0.4 is 16.0 Å². The SMILES string of the molecule is CC(C)NC(NCCN1CCC(CNC(=O)c2cc(C(F)(F)F)cc(C(F)(F)F)c2)CC1)=C1CCC1. The summed E-state index contributed by atoms with van der Waals surface area (Å²) in [6.07, 6.45) is -4.93. The summed E-state index contributed by atoms with van der Waals surface area (Å²) in [7, 11) is 0. The van der Waals surface area contributed by atoms with Crippen molar-refractivity contribution < 1.29 is 31.1 Å². The Kier molecular flexibility index (Phi) is 9.18. The Morgan fingerprint density at radius 2 is 1.56 bits per heavy atom. The molecule has 2 aliphatic rings. The van der Waals surface area contributed by atoms with Crippen LogP contribution in [0.1, 0.15) is 67.4 Å². The van der Waals surface area contributed by atoms with Crippen molar-refractivity contribution in [1.29, 1.82) is 0 Å². The van der Waals surface area contributed by atoms with Crippen LogP contribution in [0.15, 0.2) is 29.6 Å². The van der Waals surface area contributed by atoms with Gasteiger partial charge in [-0.1, -0.05) is 0 Å². The van der Waals surface area contributed by atoms with Gasteiger partial charge in [-0.2, -0.15) is 26.3 Å². The number of benzene rings is 1. The van der Waals surface area contributed by atoms with Gasteiger partial charge in [0, 0.05) is 31.2 Å². The van der Waals surface area contributed by atoms with Crippen molar-refractivity contribution in [2.75, 3.05) is 32.7 Å². The van der Waals surface area contributed by atoms with Gasteiger partial charge in [-0.05, 0) is 88.7 Å². The van der Waals surface area contributed by atoms with E-state index in [2.05, 4.69) is 34.7 Å². The van der Waals surface area contributed by atoms with Gasteiger partial charge in [0.05, 0.1) is 16.9 Å². The first-order valence-electron chi connectivity index (χ1n) is 12.4. The van der Waals surface area contributed by atoms with Crippen LogP contribution in [0.5, 0.6) is 0 Å². The molecule has 5 nitrogen and oxygen atoms in total. The minimum atomic E-state index is -4.99. The third-order valence-corrected chi connectivity index (χ3v) is 6.58.